The molecule has 4 rings (SSSR count). The van der Waals surface area contributed by atoms with E-state index in [-0.39, 0.29) is 5.56 Å². The van der Waals surface area contributed by atoms with Gasteiger partial charge in [0.25, 0.3) is 0 Å². The Balaban J connectivity index is 0.000000658. The second-order valence-corrected chi connectivity index (χ2v) is 8.19. The Labute approximate surface area is 208 Å². The molecule has 0 bridgehead atoms. The van der Waals surface area contributed by atoms with Gasteiger partial charge in [-0.15, -0.1) is 0 Å². The second kappa shape index (κ2) is 12.3. The first-order chi connectivity index (χ1) is 17.2. The van der Waals surface area contributed by atoms with Crippen molar-refractivity contribution in [2.75, 3.05) is 10.3 Å². The molecule has 0 saturated heterocycles. The number of aromatic carboxylic acids is 1. The minimum atomic E-state index is -4.67. The molecule has 0 aromatic heterocycles. The van der Waals surface area contributed by atoms with Gasteiger partial charge >= 0.3 is 16.4 Å². The van der Waals surface area contributed by atoms with Gasteiger partial charge in [0, 0.05) is 17.1 Å². The maximum Gasteiger partial charge on any atom is 0.394 e. The number of para-hydroxylation sites is 2. The monoisotopic (exact) mass is 505 g/mol. The normalized spacial score (nSPS) is 10.8. The van der Waals surface area contributed by atoms with Gasteiger partial charge in [0.2, 0.25) is 0 Å². The number of anilines is 4. The molecule has 0 aliphatic rings. The number of carbonyl (C=O) groups is 1. The highest BCUT2D eigenvalue weighted by atomic mass is 32.3. The molecule has 0 aliphatic heterocycles. The lowest BCUT2D eigenvalue weighted by molar-refractivity contribution is 0.0697. The van der Waals surface area contributed by atoms with Crippen molar-refractivity contribution in [3.63, 3.8) is 0 Å². The average Bonchev–Trinajstić information content (AvgIpc) is 2.86. The van der Waals surface area contributed by atoms with Crippen LogP contribution in [0.1, 0.15) is 15.9 Å². The topological polar surface area (TPSA) is 140 Å². The molecule has 10 heteroatoms. The molecular weight excluding hydrogens is 482 g/mol. The third-order valence-electron chi connectivity index (χ3n) is 4.72. The summed E-state index contributed by atoms with van der Waals surface area (Å²) in [6.07, 6.45) is 1.73. The number of hydrazone groups is 1. The van der Waals surface area contributed by atoms with Crippen molar-refractivity contribution >= 4 is 45.3 Å². The molecule has 36 heavy (non-hydrogen) atoms. The number of hydrogen-bond acceptors (Lipinski definition) is 6. The van der Waals surface area contributed by atoms with Crippen LogP contribution in [-0.2, 0) is 10.4 Å². The summed E-state index contributed by atoms with van der Waals surface area (Å²) in [4.78, 5) is 13.1. The van der Waals surface area contributed by atoms with Crippen molar-refractivity contribution in [2.24, 2.45) is 5.10 Å². The summed E-state index contributed by atoms with van der Waals surface area (Å²) in [6, 6.07) is 35.0. The minimum absolute atomic E-state index is 0.242. The van der Waals surface area contributed by atoms with Gasteiger partial charge in [0.05, 0.1) is 17.5 Å². The number of rotatable bonds is 7. The average molecular weight is 506 g/mol. The van der Waals surface area contributed by atoms with E-state index in [4.69, 9.17) is 22.6 Å². The number of nitrogens with zero attached hydrogens (tertiary/aromatic N) is 2. The molecule has 0 amide bonds. The quantitative estimate of drug-likeness (QED) is 0.144. The molecule has 4 aromatic carbocycles. The molecule has 0 aliphatic carbocycles. The molecule has 0 saturated carbocycles. The van der Waals surface area contributed by atoms with Crippen molar-refractivity contribution in [2.45, 2.75) is 0 Å². The zero-order valence-corrected chi connectivity index (χ0v) is 19.7. The van der Waals surface area contributed by atoms with E-state index in [1.807, 2.05) is 48.5 Å². The van der Waals surface area contributed by atoms with Crippen LogP contribution in [0.25, 0.3) is 0 Å². The van der Waals surface area contributed by atoms with Crippen LogP contribution in [0.4, 0.5) is 22.7 Å². The van der Waals surface area contributed by atoms with Crippen molar-refractivity contribution in [1.29, 1.82) is 0 Å². The SMILES string of the molecule is O=C(O)c1ccc(N/N=C/c2ccc(N(c3ccccc3)c3ccccc3)cc2)cc1.O=S(=O)(O)O. The summed E-state index contributed by atoms with van der Waals surface area (Å²) in [5, 5.41) is 13.2. The first-order valence-electron chi connectivity index (χ1n) is 10.5. The first kappa shape index (κ1) is 26.1. The van der Waals surface area contributed by atoms with Crippen LogP contribution in [-0.4, -0.2) is 34.8 Å². The Hall–Kier alpha value is -4.51. The largest absolute Gasteiger partial charge is 0.478 e. The summed E-state index contributed by atoms with van der Waals surface area (Å²) in [5.41, 5.74) is 8.04. The van der Waals surface area contributed by atoms with Crippen molar-refractivity contribution in [3.05, 3.63) is 120 Å². The second-order valence-electron chi connectivity index (χ2n) is 7.30. The Morgan fingerprint density at radius 3 is 1.61 bits per heavy atom. The van der Waals surface area contributed by atoms with Gasteiger partial charge in [-0.3, -0.25) is 14.5 Å². The van der Waals surface area contributed by atoms with Gasteiger partial charge in [-0.05, 0) is 66.2 Å². The highest BCUT2D eigenvalue weighted by Crippen LogP contribution is 2.33. The maximum atomic E-state index is 10.9. The molecule has 0 atom stereocenters. The van der Waals surface area contributed by atoms with Crippen LogP contribution >= 0.6 is 0 Å². The third-order valence-corrected chi connectivity index (χ3v) is 4.72. The number of carboxylic acid groups (broad SMARTS) is 1. The van der Waals surface area contributed by atoms with Crippen LogP contribution in [0, 0.1) is 0 Å². The fourth-order valence-electron chi connectivity index (χ4n) is 3.18. The smallest absolute Gasteiger partial charge is 0.394 e. The van der Waals surface area contributed by atoms with Crippen LogP contribution < -0.4 is 10.3 Å². The highest BCUT2D eigenvalue weighted by molar-refractivity contribution is 7.79. The Morgan fingerprint density at radius 2 is 1.17 bits per heavy atom. The third kappa shape index (κ3) is 8.37. The molecule has 9 nitrogen and oxygen atoms in total. The van der Waals surface area contributed by atoms with E-state index in [1.165, 1.54) is 12.1 Å². The van der Waals surface area contributed by atoms with Crippen molar-refractivity contribution in [3.8, 4) is 0 Å². The lowest BCUT2D eigenvalue weighted by atomic mass is 10.1. The first-order valence-corrected chi connectivity index (χ1v) is 11.9. The number of hydrogen-bond donors (Lipinski definition) is 4. The van der Waals surface area contributed by atoms with Crippen LogP contribution in [0.3, 0.4) is 0 Å². The summed E-state index contributed by atoms with van der Waals surface area (Å²) in [7, 11) is -4.67. The van der Waals surface area contributed by atoms with E-state index < -0.39 is 16.4 Å². The van der Waals surface area contributed by atoms with Gasteiger partial charge in [-0.25, -0.2) is 4.79 Å². The lowest BCUT2D eigenvalue weighted by Gasteiger charge is -2.25. The maximum absolute atomic E-state index is 10.9. The Kier molecular flexibility index (Phi) is 8.89. The van der Waals surface area contributed by atoms with E-state index in [0.717, 1.165) is 28.3 Å². The van der Waals surface area contributed by atoms with Crippen LogP contribution in [0.15, 0.2) is 114 Å². The minimum Gasteiger partial charge on any atom is -0.478 e. The number of benzene rings is 4. The predicted octanol–water partition coefficient (Wildman–Crippen LogP) is 5.65. The molecule has 4 N–H and O–H groups in total. The summed E-state index contributed by atoms with van der Waals surface area (Å²) >= 11 is 0. The van der Waals surface area contributed by atoms with Crippen LogP contribution in [0.2, 0.25) is 0 Å². The van der Waals surface area contributed by atoms with Crippen molar-refractivity contribution < 1.29 is 27.4 Å². The van der Waals surface area contributed by atoms with Gasteiger partial charge in [0.15, 0.2) is 0 Å². The molecule has 184 valence electrons. The lowest BCUT2D eigenvalue weighted by Crippen LogP contribution is -2.09. The van der Waals surface area contributed by atoms with E-state index >= 15 is 0 Å². The molecule has 0 radical (unpaired) electrons. The molecule has 0 heterocycles. The van der Waals surface area contributed by atoms with Crippen molar-refractivity contribution in [1.82, 2.24) is 0 Å². The molecular formula is C26H23N3O6S. The van der Waals surface area contributed by atoms with E-state index in [1.54, 1.807) is 18.3 Å². The highest BCUT2D eigenvalue weighted by Gasteiger charge is 2.11. The van der Waals surface area contributed by atoms with E-state index in [9.17, 15) is 4.79 Å². The zero-order valence-electron chi connectivity index (χ0n) is 18.8. The molecule has 0 fully saturated rings. The molecule has 0 unspecified atom stereocenters. The van der Waals surface area contributed by atoms with Gasteiger partial charge in [-0.1, -0.05) is 48.5 Å². The van der Waals surface area contributed by atoms with E-state index in [2.05, 4.69) is 51.8 Å². The van der Waals surface area contributed by atoms with E-state index in [0.29, 0.717) is 0 Å². The van der Waals surface area contributed by atoms with Gasteiger partial charge < -0.3 is 10.0 Å². The summed E-state index contributed by atoms with van der Waals surface area (Å²) in [5.74, 6) is -0.949. The van der Waals surface area contributed by atoms with Gasteiger partial charge in [0.1, 0.15) is 0 Å². The number of carboxylic acids is 1. The predicted molar refractivity (Wildman–Crippen MR) is 140 cm³/mol. The fraction of sp³-hybridized carbons (Fsp3) is 0. The fourth-order valence-corrected chi connectivity index (χ4v) is 3.18. The number of nitrogens with one attached hydrogen (secondary N) is 1. The molecule has 4 aromatic rings. The Morgan fingerprint density at radius 1 is 0.722 bits per heavy atom. The zero-order chi connectivity index (χ0) is 26.0. The van der Waals surface area contributed by atoms with Gasteiger partial charge in [-0.2, -0.15) is 13.5 Å². The summed E-state index contributed by atoms with van der Waals surface area (Å²) < 4.78 is 31.6. The molecule has 0 spiro atoms. The van der Waals surface area contributed by atoms with Crippen LogP contribution in [0.5, 0.6) is 0 Å². The Bertz CT molecular complexity index is 1350. The standard InChI is InChI=1S/C26H21N3O2.H2O4S/c30-26(31)21-13-15-22(16-14-21)28-27-19-20-11-17-25(18-12-20)29(23-7-3-1-4-8-23)24-9-5-2-6-10-24;1-5(2,3)4/h1-19,28H,(H,30,31);(H2,1,2,3,4)/b27-19+;. The summed E-state index contributed by atoms with van der Waals surface area (Å²) in [6.45, 7) is 0.